The molecule has 224 valence electrons. The number of sulfonamides is 1. The largest absolute Gasteiger partial charge is 0.352 e. The molecule has 0 bridgehead atoms. The predicted molar refractivity (Wildman–Crippen MR) is 171 cm³/mol. The first-order valence-electron chi connectivity index (χ1n) is 14.4. The molecule has 0 unspecified atom stereocenters. The molecule has 4 aromatic rings. The molecule has 0 heterocycles. The van der Waals surface area contributed by atoms with Gasteiger partial charge in [0.2, 0.25) is 11.8 Å². The Bertz CT molecular complexity index is 1620. The maximum absolute atomic E-state index is 14.4. The molecule has 4 rings (SSSR count). The summed E-state index contributed by atoms with van der Waals surface area (Å²) in [7, 11) is -4.13. The fraction of sp³-hybridized carbons (Fsp3) is 0.257. The van der Waals surface area contributed by atoms with Crippen molar-refractivity contribution < 1.29 is 18.0 Å². The van der Waals surface area contributed by atoms with E-state index in [4.69, 9.17) is 0 Å². The molecule has 0 saturated carbocycles. The van der Waals surface area contributed by atoms with Crippen molar-refractivity contribution in [2.24, 2.45) is 0 Å². The van der Waals surface area contributed by atoms with Crippen LogP contribution in [0, 0.1) is 13.8 Å². The van der Waals surface area contributed by atoms with Crippen LogP contribution in [0.4, 0.5) is 5.69 Å². The summed E-state index contributed by atoms with van der Waals surface area (Å²) in [5.41, 5.74) is 3.87. The average Bonchev–Trinajstić information content (AvgIpc) is 2.98. The summed E-state index contributed by atoms with van der Waals surface area (Å²) in [6, 6.07) is 31.5. The number of anilines is 1. The van der Waals surface area contributed by atoms with Crippen LogP contribution < -0.4 is 9.62 Å². The zero-order valence-corrected chi connectivity index (χ0v) is 25.9. The van der Waals surface area contributed by atoms with Crippen molar-refractivity contribution >= 4 is 27.5 Å². The second kappa shape index (κ2) is 14.2. The standard InChI is InChI=1S/C35H39N3O4S/c1-26(2)36-35(40)33(23-29-13-7-5-8-14-29)37(24-30-15-9-6-10-16-30)34(39)25-38(31-17-11-12-28(4)22-31)43(41,42)32-20-18-27(3)19-21-32/h5-22,26,33H,23-25H2,1-4H3,(H,36,40)/t33-/m1/s1. The van der Waals surface area contributed by atoms with Gasteiger partial charge in [-0.1, -0.05) is 90.5 Å². The predicted octanol–water partition coefficient (Wildman–Crippen LogP) is 5.66. The van der Waals surface area contributed by atoms with Gasteiger partial charge < -0.3 is 10.2 Å². The van der Waals surface area contributed by atoms with Crippen LogP contribution in [0.3, 0.4) is 0 Å². The SMILES string of the molecule is Cc1ccc(S(=O)(=O)N(CC(=O)N(Cc2ccccc2)[C@H](Cc2ccccc2)C(=O)NC(C)C)c2cccc(C)c2)cc1. The van der Waals surface area contributed by atoms with Crippen LogP contribution in [-0.2, 0) is 32.6 Å². The summed E-state index contributed by atoms with van der Waals surface area (Å²) in [4.78, 5) is 29.7. The summed E-state index contributed by atoms with van der Waals surface area (Å²) in [6.07, 6.45) is 0.271. The summed E-state index contributed by atoms with van der Waals surface area (Å²) < 4.78 is 29.3. The summed E-state index contributed by atoms with van der Waals surface area (Å²) in [6.45, 7) is 7.15. The number of hydrogen-bond donors (Lipinski definition) is 1. The number of carbonyl (C=O) groups excluding carboxylic acids is 2. The highest BCUT2D eigenvalue weighted by atomic mass is 32.2. The topological polar surface area (TPSA) is 86.8 Å². The number of aryl methyl sites for hydroxylation is 2. The molecular weight excluding hydrogens is 558 g/mol. The van der Waals surface area contributed by atoms with Gasteiger partial charge in [0.05, 0.1) is 10.6 Å². The van der Waals surface area contributed by atoms with E-state index in [9.17, 15) is 18.0 Å². The molecule has 0 aliphatic heterocycles. The highest BCUT2D eigenvalue weighted by Gasteiger charge is 2.34. The molecule has 0 spiro atoms. The molecule has 8 heteroatoms. The number of carbonyl (C=O) groups is 2. The minimum absolute atomic E-state index is 0.0837. The smallest absolute Gasteiger partial charge is 0.264 e. The molecule has 0 aliphatic carbocycles. The lowest BCUT2D eigenvalue weighted by molar-refractivity contribution is -0.140. The van der Waals surface area contributed by atoms with Gasteiger partial charge in [0.25, 0.3) is 10.0 Å². The molecule has 1 N–H and O–H groups in total. The van der Waals surface area contributed by atoms with Crippen molar-refractivity contribution in [3.8, 4) is 0 Å². The van der Waals surface area contributed by atoms with Crippen LogP contribution in [0.25, 0.3) is 0 Å². The Hall–Kier alpha value is -4.43. The number of amides is 2. The van der Waals surface area contributed by atoms with E-state index in [2.05, 4.69) is 5.32 Å². The average molecular weight is 598 g/mol. The van der Waals surface area contributed by atoms with Crippen LogP contribution in [0.2, 0.25) is 0 Å². The quantitative estimate of drug-likeness (QED) is 0.228. The molecule has 4 aromatic carbocycles. The fourth-order valence-electron chi connectivity index (χ4n) is 4.86. The second-order valence-corrected chi connectivity index (χ2v) is 12.9. The Morgan fingerprint density at radius 2 is 1.35 bits per heavy atom. The third-order valence-corrected chi connectivity index (χ3v) is 8.86. The molecule has 0 fully saturated rings. The van der Waals surface area contributed by atoms with E-state index in [-0.39, 0.29) is 29.8 Å². The Balaban J connectivity index is 1.79. The van der Waals surface area contributed by atoms with Gasteiger partial charge in [0.1, 0.15) is 12.6 Å². The summed E-state index contributed by atoms with van der Waals surface area (Å²) in [5, 5.41) is 2.97. The lowest BCUT2D eigenvalue weighted by Gasteiger charge is -2.34. The molecule has 0 saturated heterocycles. The number of nitrogens with one attached hydrogen (secondary N) is 1. The Labute approximate surface area is 255 Å². The Morgan fingerprint density at radius 3 is 1.93 bits per heavy atom. The van der Waals surface area contributed by atoms with Crippen molar-refractivity contribution in [2.75, 3.05) is 10.8 Å². The van der Waals surface area contributed by atoms with Crippen molar-refractivity contribution in [2.45, 2.75) is 57.6 Å². The minimum Gasteiger partial charge on any atom is -0.352 e. The summed E-state index contributed by atoms with van der Waals surface area (Å²) in [5.74, 6) is -0.785. The Kier molecular flexibility index (Phi) is 10.4. The number of benzene rings is 4. The van der Waals surface area contributed by atoms with Gasteiger partial charge in [-0.2, -0.15) is 0 Å². The van der Waals surface area contributed by atoms with Crippen molar-refractivity contribution in [1.82, 2.24) is 10.2 Å². The van der Waals surface area contributed by atoms with Gasteiger partial charge in [-0.15, -0.1) is 0 Å². The second-order valence-electron chi connectivity index (χ2n) is 11.0. The maximum Gasteiger partial charge on any atom is 0.264 e. The van der Waals surface area contributed by atoms with E-state index in [0.29, 0.717) is 5.69 Å². The van der Waals surface area contributed by atoms with Crippen LogP contribution in [0.1, 0.15) is 36.1 Å². The minimum atomic E-state index is -4.13. The highest BCUT2D eigenvalue weighted by molar-refractivity contribution is 7.92. The monoisotopic (exact) mass is 597 g/mol. The van der Waals surface area contributed by atoms with Crippen molar-refractivity contribution in [1.29, 1.82) is 0 Å². The summed E-state index contributed by atoms with van der Waals surface area (Å²) >= 11 is 0. The third kappa shape index (κ3) is 8.32. The molecule has 1 atom stereocenters. The normalized spacial score (nSPS) is 12.0. The van der Waals surface area contributed by atoms with Gasteiger partial charge in [-0.05, 0) is 68.7 Å². The van der Waals surface area contributed by atoms with Crippen molar-refractivity contribution in [3.63, 3.8) is 0 Å². The first-order chi connectivity index (χ1) is 20.5. The van der Waals surface area contributed by atoms with Crippen LogP contribution in [0.5, 0.6) is 0 Å². The fourth-order valence-corrected chi connectivity index (χ4v) is 6.27. The molecule has 43 heavy (non-hydrogen) atoms. The molecule has 7 nitrogen and oxygen atoms in total. The maximum atomic E-state index is 14.4. The van der Waals surface area contributed by atoms with Crippen LogP contribution in [-0.4, -0.2) is 43.8 Å². The van der Waals surface area contributed by atoms with Crippen LogP contribution >= 0.6 is 0 Å². The lowest BCUT2D eigenvalue weighted by Crippen LogP contribution is -2.54. The number of rotatable bonds is 12. The number of hydrogen-bond acceptors (Lipinski definition) is 4. The highest BCUT2D eigenvalue weighted by Crippen LogP contribution is 2.26. The van der Waals surface area contributed by atoms with E-state index >= 15 is 0 Å². The first kappa shape index (κ1) is 31.5. The molecule has 0 radical (unpaired) electrons. The van der Waals surface area contributed by atoms with Gasteiger partial charge in [-0.25, -0.2) is 8.42 Å². The molecule has 0 aliphatic rings. The zero-order chi connectivity index (χ0) is 31.0. The molecule has 0 aromatic heterocycles. The van der Waals surface area contributed by atoms with E-state index in [0.717, 1.165) is 26.6 Å². The lowest BCUT2D eigenvalue weighted by atomic mass is 10.0. The van der Waals surface area contributed by atoms with E-state index in [1.165, 1.54) is 4.90 Å². The van der Waals surface area contributed by atoms with Crippen LogP contribution in [0.15, 0.2) is 114 Å². The first-order valence-corrected chi connectivity index (χ1v) is 15.8. The number of nitrogens with zero attached hydrogens (tertiary/aromatic N) is 2. The van der Waals surface area contributed by atoms with E-state index in [1.54, 1.807) is 42.5 Å². The van der Waals surface area contributed by atoms with Gasteiger partial charge in [0, 0.05) is 19.0 Å². The zero-order valence-electron chi connectivity index (χ0n) is 25.1. The van der Waals surface area contributed by atoms with E-state index in [1.807, 2.05) is 94.4 Å². The van der Waals surface area contributed by atoms with Gasteiger partial charge >= 0.3 is 0 Å². The molecule has 2 amide bonds. The van der Waals surface area contributed by atoms with Gasteiger partial charge in [-0.3, -0.25) is 13.9 Å². The van der Waals surface area contributed by atoms with E-state index < -0.39 is 28.5 Å². The molecular formula is C35H39N3O4S. The Morgan fingerprint density at radius 1 is 0.744 bits per heavy atom. The third-order valence-electron chi connectivity index (χ3n) is 7.08. The van der Waals surface area contributed by atoms with Crippen molar-refractivity contribution in [3.05, 3.63) is 131 Å². The van der Waals surface area contributed by atoms with Gasteiger partial charge in [0.15, 0.2) is 0 Å².